The molecule has 1 atom stereocenters. The average Bonchev–Trinajstić information content (AvgIpc) is 2.95. The molecule has 1 aliphatic rings. The first-order valence-corrected chi connectivity index (χ1v) is 7.84. The summed E-state index contributed by atoms with van der Waals surface area (Å²) in [4.78, 5) is 11.9. The smallest absolute Gasteiger partial charge is 0.223 e. The van der Waals surface area contributed by atoms with Crippen molar-refractivity contribution in [2.24, 2.45) is 0 Å². The number of halogens is 1. The van der Waals surface area contributed by atoms with Gasteiger partial charge in [-0.2, -0.15) is 0 Å². The molecule has 0 spiro atoms. The molecule has 0 aromatic heterocycles. The van der Waals surface area contributed by atoms with Crippen molar-refractivity contribution in [3.05, 3.63) is 29.8 Å². The summed E-state index contributed by atoms with van der Waals surface area (Å²) in [7, 11) is 1.69. The molecule has 0 bridgehead atoms. The highest BCUT2D eigenvalue weighted by atomic mass is 35.5. The lowest BCUT2D eigenvalue weighted by Gasteiger charge is -2.28. The van der Waals surface area contributed by atoms with E-state index in [1.165, 1.54) is 0 Å². The number of aryl methyl sites for hydroxylation is 1. The number of hydrogen-bond acceptors (Lipinski definition) is 4. The molecule has 1 saturated heterocycles. The highest BCUT2D eigenvalue weighted by Gasteiger charge is 2.33. The summed E-state index contributed by atoms with van der Waals surface area (Å²) in [5.41, 5.74) is 1.04. The van der Waals surface area contributed by atoms with Crippen LogP contribution < -0.4 is 15.4 Å². The summed E-state index contributed by atoms with van der Waals surface area (Å²) in [5, 5.41) is 6.43. The monoisotopic (exact) mass is 342 g/mol. The lowest BCUT2D eigenvalue weighted by Crippen LogP contribution is -2.53. The van der Waals surface area contributed by atoms with Crippen LogP contribution in [0.1, 0.15) is 24.8 Å². The molecule has 1 fully saturated rings. The van der Waals surface area contributed by atoms with Crippen molar-refractivity contribution in [2.75, 3.05) is 33.4 Å². The fraction of sp³-hybridized carbons (Fsp3) is 0.588. The molecular formula is C17H27ClN2O3. The van der Waals surface area contributed by atoms with Gasteiger partial charge >= 0.3 is 0 Å². The molecule has 6 heteroatoms. The van der Waals surface area contributed by atoms with Gasteiger partial charge in [-0.15, -0.1) is 12.4 Å². The standard InChI is InChI=1S/C17H26N2O3.ClH/c1-14-5-3-6-15(11-14)22-10-7-16(20)18-12-17(13-21-2)8-4-9-19-17;/h3,5-6,11,19H,4,7-10,12-13H2,1-2H3,(H,18,20);1H. The van der Waals surface area contributed by atoms with Crippen molar-refractivity contribution in [2.45, 2.75) is 31.7 Å². The molecule has 23 heavy (non-hydrogen) atoms. The van der Waals surface area contributed by atoms with Crippen molar-refractivity contribution >= 4 is 18.3 Å². The van der Waals surface area contributed by atoms with Gasteiger partial charge in [0.25, 0.3) is 0 Å². The van der Waals surface area contributed by atoms with E-state index in [0.717, 1.165) is 30.7 Å². The zero-order valence-electron chi connectivity index (χ0n) is 13.9. The van der Waals surface area contributed by atoms with Gasteiger partial charge in [0, 0.05) is 13.7 Å². The second-order valence-electron chi connectivity index (χ2n) is 5.94. The summed E-state index contributed by atoms with van der Waals surface area (Å²) in [5.74, 6) is 0.818. The van der Waals surface area contributed by atoms with Crippen molar-refractivity contribution in [3.63, 3.8) is 0 Å². The van der Waals surface area contributed by atoms with Crippen LogP contribution in [-0.4, -0.2) is 44.9 Å². The van der Waals surface area contributed by atoms with Crippen molar-refractivity contribution in [3.8, 4) is 5.75 Å². The lowest BCUT2D eigenvalue weighted by atomic mass is 9.98. The van der Waals surface area contributed by atoms with Crippen molar-refractivity contribution in [1.29, 1.82) is 0 Å². The Balaban J connectivity index is 0.00000264. The fourth-order valence-electron chi connectivity index (χ4n) is 2.79. The molecule has 130 valence electrons. The third-order valence-corrected chi connectivity index (χ3v) is 3.96. The number of rotatable bonds is 8. The predicted octanol–water partition coefficient (Wildman–Crippen LogP) is 2.07. The maximum atomic E-state index is 11.9. The van der Waals surface area contributed by atoms with Crippen LogP contribution in [0.3, 0.4) is 0 Å². The van der Waals surface area contributed by atoms with E-state index in [1.807, 2.05) is 31.2 Å². The first kappa shape index (κ1) is 19.7. The van der Waals surface area contributed by atoms with Crippen LogP contribution in [0.2, 0.25) is 0 Å². The van der Waals surface area contributed by atoms with Gasteiger partial charge in [-0.25, -0.2) is 0 Å². The summed E-state index contributed by atoms with van der Waals surface area (Å²) in [6, 6.07) is 7.84. The van der Waals surface area contributed by atoms with Gasteiger partial charge in [0.15, 0.2) is 0 Å². The minimum absolute atomic E-state index is 0. The summed E-state index contributed by atoms with van der Waals surface area (Å²) < 4.78 is 10.9. The van der Waals surface area contributed by atoms with E-state index in [4.69, 9.17) is 9.47 Å². The largest absolute Gasteiger partial charge is 0.493 e. The second kappa shape index (κ2) is 9.75. The number of nitrogens with one attached hydrogen (secondary N) is 2. The van der Waals surface area contributed by atoms with E-state index < -0.39 is 0 Å². The average molecular weight is 343 g/mol. The molecule has 2 N–H and O–H groups in total. The van der Waals surface area contributed by atoms with Gasteiger partial charge in [-0.05, 0) is 44.0 Å². The molecule has 5 nitrogen and oxygen atoms in total. The van der Waals surface area contributed by atoms with Crippen LogP contribution >= 0.6 is 12.4 Å². The normalized spacial score (nSPS) is 19.9. The highest BCUT2D eigenvalue weighted by Crippen LogP contribution is 2.18. The number of carbonyl (C=O) groups is 1. The van der Waals surface area contributed by atoms with Crippen LogP contribution in [0.5, 0.6) is 5.75 Å². The molecule has 0 radical (unpaired) electrons. The SMILES string of the molecule is COCC1(CNC(=O)CCOc2cccc(C)c2)CCCN1.Cl. The third-order valence-electron chi connectivity index (χ3n) is 3.96. The van der Waals surface area contributed by atoms with Gasteiger partial charge in [-0.1, -0.05) is 12.1 Å². The van der Waals surface area contributed by atoms with E-state index in [2.05, 4.69) is 10.6 Å². The maximum Gasteiger partial charge on any atom is 0.223 e. The number of hydrogen-bond donors (Lipinski definition) is 2. The minimum Gasteiger partial charge on any atom is -0.493 e. The van der Waals surface area contributed by atoms with Gasteiger partial charge in [0.1, 0.15) is 5.75 Å². The van der Waals surface area contributed by atoms with Crippen LogP contribution in [0.15, 0.2) is 24.3 Å². The fourth-order valence-corrected chi connectivity index (χ4v) is 2.79. The Kier molecular flexibility index (Phi) is 8.37. The van der Waals surface area contributed by atoms with Gasteiger partial charge in [-0.3, -0.25) is 4.79 Å². The van der Waals surface area contributed by atoms with Crippen molar-refractivity contribution in [1.82, 2.24) is 10.6 Å². The van der Waals surface area contributed by atoms with E-state index in [9.17, 15) is 4.79 Å². The first-order chi connectivity index (χ1) is 10.6. The molecule has 1 unspecified atom stereocenters. The molecular weight excluding hydrogens is 316 g/mol. The van der Waals surface area contributed by atoms with Crippen molar-refractivity contribution < 1.29 is 14.3 Å². The van der Waals surface area contributed by atoms with Crippen LogP contribution in [0, 0.1) is 6.92 Å². The van der Waals surface area contributed by atoms with E-state index >= 15 is 0 Å². The number of amides is 1. The quantitative estimate of drug-likeness (QED) is 0.759. The molecule has 1 amide bonds. The summed E-state index contributed by atoms with van der Waals surface area (Å²) >= 11 is 0. The van der Waals surface area contributed by atoms with Gasteiger partial charge in [0.05, 0.1) is 25.2 Å². The lowest BCUT2D eigenvalue weighted by molar-refractivity contribution is -0.122. The van der Waals surface area contributed by atoms with Crippen LogP contribution in [-0.2, 0) is 9.53 Å². The Hall–Kier alpha value is -1.30. The number of benzene rings is 1. The number of ether oxygens (including phenoxy) is 2. The third kappa shape index (κ3) is 6.37. The molecule has 0 aliphatic carbocycles. The highest BCUT2D eigenvalue weighted by molar-refractivity contribution is 5.85. The Labute approximate surface area is 144 Å². The van der Waals surface area contributed by atoms with Crippen LogP contribution in [0.4, 0.5) is 0 Å². The number of carbonyl (C=O) groups excluding carboxylic acids is 1. The molecule has 0 saturated carbocycles. The molecule has 1 aliphatic heterocycles. The van der Waals surface area contributed by atoms with E-state index in [0.29, 0.717) is 26.2 Å². The van der Waals surface area contributed by atoms with E-state index in [1.54, 1.807) is 7.11 Å². The Morgan fingerprint density at radius 1 is 1.43 bits per heavy atom. The Morgan fingerprint density at radius 2 is 2.26 bits per heavy atom. The second-order valence-corrected chi connectivity index (χ2v) is 5.94. The topological polar surface area (TPSA) is 59.6 Å². The first-order valence-electron chi connectivity index (χ1n) is 7.84. The maximum absolute atomic E-state index is 11.9. The zero-order valence-corrected chi connectivity index (χ0v) is 14.7. The molecule has 2 rings (SSSR count). The summed E-state index contributed by atoms with van der Waals surface area (Å²) in [6.45, 7) is 4.61. The van der Waals surface area contributed by atoms with E-state index in [-0.39, 0.29) is 23.9 Å². The van der Waals surface area contributed by atoms with Gasteiger partial charge in [0.2, 0.25) is 5.91 Å². The minimum atomic E-state index is -0.109. The molecule has 1 aromatic rings. The Morgan fingerprint density at radius 3 is 2.91 bits per heavy atom. The zero-order chi connectivity index (χ0) is 15.8. The Bertz CT molecular complexity index is 490. The molecule has 1 heterocycles. The molecule has 1 aromatic carbocycles. The predicted molar refractivity (Wildman–Crippen MR) is 93.4 cm³/mol. The van der Waals surface area contributed by atoms with Gasteiger partial charge < -0.3 is 20.1 Å². The summed E-state index contributed by atoms with van der Waals surface area (Å²) in [6.07, 6.45) is 2.51. The number of methoxy groups -OCH3 is 1. The van der Waals surface area contributed by atoms with Crippen LogP contribution in [0.25, 0.3) is 0 Å².